The highest BCUT2D eigenvalue weighted by molar-refractivity contribution is 4.87. The highest BCUT2D eigenvalue weighted by atomic mass is 16.5. The van der Waals surface area contributed by atoms with Crippen molar-refractivity contribution >= 4 is 0 Å². The summed E-state index contributed by atoms with van der Waals surface area (Å²) in [5.74, 6) is 1.44. The number of rotatable bonds is 3. The fourth-order valence-corrected chi connectivity index (χ4v) is 1.43. The van der Waals surface area contributed by atoms with E-state index in [1.807, 2.05) is 0 Å². The lowest BCUT2D eigenvalue weighted by Crippen LogP contribution is -2.03. The minimum atomic E-state index is -0.162. The molecule has 72 valence electrons. The Kier molecular flexibility index (Phi) is 2.56. The molecule has 1 atom stereocenters. The van der Waals surface area contributed by atoms with E-state index in [4.69, 9.17) is 14.4 Å². The molecular weight excluding hydrogens is 172 g/mol. The van der Waals surface area contributed by atoms with Gasteiger partial charge in [-0.2, -0.15) is 4.98 Å². The average molecular weight is 184 g/mol. The van der Waals surface area contributed by atoms with Gasteiger partial charge in [-0.15, -0.1) is 0 Å². The van der Waals surface area contributed by atoms with Gasteiger partial charge in [-0.05, 0) is 12.3 Å². The first-order chi connectivity index (χ1) is 6.38. The first-order valence-corrected chi connectivity index (χ1v) is 4.38. The topological polar surface area (TPSA) is 68.4 Å². The first-order valence-electron chi connectivity index (χ1n) is 4.38. The molecule has 2 heterocycles. The van der Waals surface area contributed by atoms with Gasteiger partial charge in [0.15, 0.2) is 5.82 Å². The zero-order valence-corrected chi connectivity index (χ0v) is 7.27. The monoisotopic (exact) mass is 184 g/mol. The van der Waals surface area contributed by atoms with Crippen molar-refractivity contribution < 1.29 is 14.4 Å². The molecule has 1 aromatic heterocycles. The van der Waals surface area contributed by atoms with Gasteiger partial charge in [0.25, 0.3) is 0 Å². The van der Waals surface area contributed by atoms with Crippen molar-refractivity contribution in [3.63, 3.8) is 0 Å². The number of aromatic nitrogens is 2. The van der Waals surface area contributed by atoms with Crippen LogP contribution in [0.1, 0.15) is 18.1 Å². The van der Waals surface area contributed by atoms with Gasteiger partial charge < -0.3 is 14.4 Å². The van der Waals surface area contributed by atoms with E-state index in [1.165, 1.54) is 0 Å². The molecule has 1 fully saturated rings. The van der Waals surface area contributed by atoms with Crippen LogP contribution in [0.3, 0.4) is 0 Å². The third-order valence-corrected chi connectivity index (χ3v) is 2.14. The Labute approximate surface area is 75.7 Å². The smallest absolute Gasteiger partial charge is 0.227 e. The normalized spacial score (nSPS) is 22.4. The average Bonchev–Trinajstić information content (AvgIpc) is 2.76. The Morgan fingerprint density at radius 2 is 2.46 bits per heavy atom. The predicted octanol–water partition coefficient (Wildman–Crippen LogP) is 0.141. The molecule has 0 amide bonds. The van der Waals surface area contributed by atoms with Crippen LogP contribution in [0.4, 0.5) is 0 Å². The van der Waals surface area contributed by atoms with E-state index >= 15 is 0 Å². The molecule has 1 aliphatic rings. The van der Waals surface area contributed by atoms with Crippen LogP contribution < -0.4 is 0 Å². The quantitative estimate of drug-likeness (QED) is 0.723. The predicted molar refractivity (Wildman–Crippen MR) is 42.9 cm³/mol. The lowest BCUT2D eigenvalue weighted by molar-refractivity contribution is 0.183. The highest BCUT2D eigenvalue weighted by Crippen LogP contribution is 2.16. The molecule has 1 aromatic rings. The van der Waals surface area contributed by atoms with Gasteiger partial charge in [-0.25, -0.2) is 0 Å². The maximum atomic E-state index is 8.70. The molecule has 0 saturated carbocycles. The van der Waals surface area contributed by atoms with Crippen molar-refractivity contribution in [2.75, 3.05) is 13.2 Å². The third-order valence-electron chi connectivity index (χ3n) is 2.14. The molecule has 0 aliphatic carbocycles. The van der Waals surface area contributed by atoms with Gasteiger partial charge in [0.2, 0.25) is 5.89 Å². The summed E-state index contributed by atoms with van der Waals surface area (Å²) in [6, 6.07) is 0. The molecule has 0 spiro atoms. The SMILES string of the molecule is OCc1noc(CC2CCOC2)n1. The zero-order valence-electron chi connectivity index (χ0n) is 7.27. The molecule has 1 N–H and O–H groups in total. The summed E-state index contributed by atoms with van der Waals surface area (Å²) >= 11 is 0. The van der Waals surface area contributed by atoms with E-state index in [2.05, 4.69) is 10.1 Å². The number of aliphatic hydroxyl groups is 1. The zero-order chi connectivity index (χ0) is 9.10. The molecule has 0 radical (unpaired) electrons. The summed E-state index contributed by atoms with van der Waals surface area (Å²) < 4.78 is 10.2. The molecule has 2 rings (SSSR count). The maximum absolute atomic E-state index is 8.70. The molecular formula is C8H12N2O3. The van der Waals surface area contributed by atoms with Crippen LogP contribution in [0.15, 0.2) is 4.52 Å². The number of hydrogen-bond acceptors (Lipinski definition) is 5. The second-order valence-corrected chi connectivity index (χ2v) is 3.20. The minimum Gasteiger partial charge on any atom is -0.388 e. The Balaban J connectivity index is 1.92. The molecule has 13 heavy (non-hydrogen) atoms. The van der Waals surface area contributed by atoms with Crippen LogP contribution in [0, 0.1) is 5.92 Å². The van der Waals surface area contributed by atoms with Crippen molar-refractivity contribution in [1.29, 1.82) is 0 Å². The Bertz CT molecular complexity index is 268. The van der Waals surface area contributed by atoms with Crippen LogP contribution in [-0.2, 0) is 17.8 Å². The molecule has 1 saturated heterocycles. The van der Waals surface area contributed by atoms with Crippen LogP contribution in [0.5, 0.6) is 0 Å². The molecule has 5 heteroatoms. The second-order valence-electron chi connectivity index (χ2n) is 3.20. The lowest BCUT2D eigenvalue weighted by Gasteiger charge is -2.00. The maximum Gasteiger partial charge on any atom is 0.227 e. The lowest BCUT2D eigenvalue weighted by atomic mass is 10.1. The fraction of sp³-hybridized carbons (Fsp3) is 0.750. The molecule has 0 aromatic carbocycles. The van der Waals surface area contributed by atoms with Gasteiger partial charge in [-0.3, -0.25) is 0 Å². The number of nitrogens with zero attached hydrogens (tertiary/aromatic N) is 2. The van der Waals surface area contributed by atoms with Gasteiger partial charge in [0.1, 0.15) is 6.61 Å². The largest absolute Gasteiger partial charge is 0.388 e. The summed E-state index contributed by atoms with van der Waals surface area (Å²) in [4.78, 5) is 4.01. The Morgan fingerprint density at radius 1 is 1.54 bits per heavy atom. The highest BCUT2D eigenvalue weighted by Gasteiger charge is 2.19. The van der Waals surface area contributed by atoms with Gasteiger partial charge in [0.05, 0.1) is 0 Å². The standard InChI is InChI=1S/C8H12N2O3/c11-4-7-9-8(13-10-7)3-6-1-2-12-5-6/h6,11H,1-5H2. The van der Waals surface area contributed by atoms with Crippen molar-refractivity contribution in [2.45, 2.75) is 19.4 Å². The van der Waals surface area contributed by atoms with E-state index in [-0.39, 0.29) is 6.61 Å². The Morgan fingerprint density at radius 3 is 3.08 bits per heavy atom. The summed E-state index contributed by atoms with van der Waals surface area (Å²) in [6.45, 7) is 1.44. The summed E-state index contributed by atoms with van der Waals surface area (Å²) in [5, 5.41) is 12.3. The van der Waals surface area contributed by atoms with Crippen LogP contribution in [0.25, 0.3) is 0 Å². The first kappa shape index (κ1) is 8.65. The van der Waals surface area contributed by atoms with Crippen LogP contribution >= 0.6 is 0 Å². The van der Waals surface area contributed by atoms with E-state index in [0.717, 1.165) is 26.1 Å². The van der Waals surface area contributed by atoms with E-state index in [1.54, 1.807) is 0 Å². The van der Waals surface area contributed by atoms with Crippen molar-refractivity contribution in [2.24, 2.45) is 5.92 Å². The third kappa shape index (κ3) is 2.05. The summed E-state index contributed by atoms with van der Waals surface area (Å²) in [7, 11) is 0. The molecule has 1 aliphatic heterocycles. The van der Waals surface area contributed by atoms with Crippen molar-refractivity contribution in [3.8, 4) is 0 Å². The number of hydrogen-bond donors (Lipinski definition) is 1. The Hall–Kier alpha value is -0.940. The van der Waals surface area contributed by atoms with E-state index in [9.17, 15) is 0 Å². The summed E-state index contributed by atoms with van der Waals surface area (Å²) in [6.07, 6.45) is 1.81. The van der Waals surface area contributed by atoms with Crippen molar-refractivity contribution in [3.05, 3.63) is 11.7 Å². The van der Waals surface area contributed by atoms with Crippen molar-refractivity contribution in [1.82, 2.24) is 10.1 Å². The van der Waals surface area contributed by atoms with E-state index < -0.39 is 0 Å². The minimum absolute atomic E-state index is 0.162. The molecule has 0 bridgehead atoms. The van der Waals surface area contributed by atoms with Crippen LogP contribution in [-0.4, -0.2) is 28.5 Å². The molecule has 1 unspecified atom stereocenters. The van der Waals surface area contributed by atoms with Crippen LogP contribution in [0.2, 0.25) is 0 Å². The number of ether oxygens (including phenoxy) is 1. The second kappa shape index (κ2) is 3.85. The molecule has 5 nitrogen and oxygen atoms in total. The van der Waals surface area contributed by atoms with E-state index in [0.29, 0.717) is 17.6 Å². The van der Waals surface area contributed by atoms with Gasteiger partial charge in [-0.1, -0.05) is 5.16 Å². The number of aliphatic hydroxyl groups excluding tert-OH is 1. The fourth-order valence-electron chi connectivity index (χ4n) is 1.43. The van der Waals surface area contributed by atoms with Gasteiger partial charge >= 0.3 is 0 Å². The van der Waals surface area contributed by atoms with Gasteiger partial charge in [0, 0.05) is 19.6 Å². The summed E-state index contributed by atoms with van der Waals surface area (Å²) in [5.41, 5.74) is 0.